The van der Waals surface area contributed by atoms with Gasteiger partial charge in [0.2, 0.25) is 23.6 Å². The maximum Gasteiger partial charge on any atom is 0.260 e. The van der Waals surface area contributed by atoms with Gasteiger partial charge >= 0.3 is 0 Å². The Hall–Kier alpha value is -6.14. The number of rotatable bonds is 28. The molecule has 0 saturated carbocycles. The number of aliphatic imine (C=N–C) groups is 1. The minimum Gasteiger partial charge on any atom is -0.390 e. The van der Waals surface area contributed by atoms with Gasteiger partial charge in [0, 0.05) is 37.9 Å². The Morgan fingerprint density at radius 1 is 0.836 bits per heavy atom. The van der Waals surface area contributed by atoms with Crippen LogP contribution in [-0.2, 0) is 36.9 Å². The van der Waals surface area contributed by atoms with Gasteiger partial charge in [-0.25, -0.2) is 9.97 Å². The van der Waals surface area contributed by atoms with E-state index >= 15 is 0 Å². The summed E-state index contributed by atoms with van der Waals surface area (Å²) in [4.78, 5) is 85.1. The molecule has 0 radical (unpaired) electrons. The van der Waals surface area contributed by atoms with E-state index in [0.717, 1.165) is 41.6 Å². The Balaban J connectivity index is 1.35. The molecule has 4 aromatic rings. The number of unbranched alkanes of at least 4 members (excludes halogenated alkanes) is 3. The summed E-state index contributed by atoms with van der Waals surface area (Å²) in [5.41, 5.74) is 26.1. The molecule has 11 N–H and O–H groups in total. The lowest BCUT2D eigenvalue weighted by Gasteiger charge is -2.30. The minimum atomic E-state index is -1.04. The number of benzene rings is 2. The zero-order valence-electron chi connectivity index (χ0n) is 39.6. The van der Waals surface area contributed by atoms with Crippen molar-refractivity contribution in [3.8, 4) is 0 Å². The molecule has 4 unspecified atom stereocenters. The number of carbonyl (C=O) groups excluding carboxylic acids is 5. The van der Waals surface area contributed by atoms with Gasteiger partial charge in [-0.05, 0) is 101 Å². The van der Waals surface area contributed by atoms with E-state index in [1.54, 1.807) is 0 Å². The fourth-order valence-electron chi connectivity index (χ4n) is 8.56. The molecular weight excluding hydrogens is 851 g/mol. The Labute approximate surface area is 394 Å². The molecule has 0 spiro atoms. The predicted molar refractivity (Wildman–Crippen MR) is 264 cm³/mol. The molecule has 5 amide bonds. The average Bonchev–Trinajstić information content (AvgIpc) is 3.96. The van der Waals surface area contributed by atoms with E-state index in [1.165, 1.54) is 11.2 Å². The number of imidazole rings is 1. The summed E-state index contributed by atoms with van der Waals surface area (Å²) in [6.45, 7) is 8.20. The number of aryl methyl sites for hydroxylation is 1. The molecule has 5 rings (SSSR count). The Kier molecular flexibility index (Phi) is 20.8. The lowest BCUT2D eigenvalue weighted by atomic mass is 10.0. The Morgan fingerprint density at radius 3 is 2.30 bits per heavy atom. The summed E-state index contributed by atoms with van der Waals surface area (Å²) in [5.74, 6) is -0.885. The van der Waals surface area contributed by atoms with E-state index in [-0.39, 0.29) is 37.0 Å². The molecule has 2 aromatic heterocycles. The first-order valence-electron chi connectivity index (χ1n) is 24.2. The summed E-state index contributed by atoms with van der Waals surface area (Å²) < 4.78 is 2.23. The van der Waals surface area contributed by atoms with Crippen LogP contribution in [0, 0.1) is 5.92 Å². The maximum atomic E-state index is 14.3. The maximum absolute atomic E-state index is 14.3. The van der Waals surface area contributed by atoms with Gasteiger partial charge in [-0.2, -0.15) is 0 Å². The summed E-state index contributed by atoms with van der Waals surface area (Å²) in [6.07, 6.45) is 9.00. The number of anilines is 1. The summed E-state index contributed by atoms with van der Waals surface area (Å²) >= 11 is 0. The number of aromatic nitrogens is 3. The SMILES string of the molecule is CCCCc1nc2c(NNC(=O)C(CCCN=CN)NC(=O)C(CC(C)C)NC(=O)C3CCCN3C(=O)C(CCCCN)NC(=O)CCCCN)nc3ccccc3c2n1Cc1ccccc1. The Morgan fingerprint density at radius 2 is 1.57 bits per heavy atom. The standard InChI is InChI=1S/C49H73N13O5/c1-4-5-24-41-58-43-44(62(41)31-34-17-7-6-8-18-34)35-19-9-10-20-36(35)55-45(43)59-60-47(65)37(22-15-28-53-32-52)56-46(64)39(30-33(2)3)57-48(66)40-23-16-29-61(40)49(67)38(21-11-13-26-50)54-42(63)25-12-14-27-51/h6-10,17-20,32-33,37-40H,4-5,11-16,21-31,50-51H2,1-3H3,(H2,52,53)(H,54,63)(H,55,59)(H,56,64)(H,57,66)(H,60,65). The van der Waals surface area contributed by atoms with E-state index in [1.807, 2.05) is 56.3 Å². The quantitative estimate of drug-likeness (QED) is 0.0175. The van der Waals surface area contributed by atoms with Crippen LogP contribution in [0.15, 0.2) is 59.6 Å². The number of nitrogens with one attached hydrogen (secondary N) is 5. The Bertz CT molecular complexity index is 2270. The monoisotopic (exact) mass is 924 g/mol. The normalized spacial score (nSPS) is 15.2. The second-order valence-corrected chi connectivity index (χ2v) is 17.8. The number of pyridine rings is 1. The molecule has 67 heavy (non-hydrogen) atoms. The average molecular weight is 924 g/mol. The third-order valence-corrected chi connectivity index (χ3v) is 12.0. The fraction of sp³-hybridized carbons (Fsp3) is 0.551. The van der Waals surface area contributed by atoms with Gasteiger partial charge in [-0.15, -0.1) is 0 Å². The van der Waals surface area contributed by atoms with Crippen LogP contribution in [0.25, 0.3) is 21.9 Å². The van der Waals surface area contributed by atoms with Crippen LogP contribution >= 0.6 is 0 Å². The first-order valence-corrected chi connectivity index (χ1v) is 24.2. The number of likely N-dealkylation sites (tertiary alicyclic amines) is 1. The lowest BCUT2D eigenvalue weighted by Crippen LogP contribution is -2.58. The second kappa shape index (κ2) is 26.9. The van der Waals surface area contributed by atoms with Crippen molar-refractivity contribution in [1.82, 2.24) is 40.8 Å². The molecule has 0 bridgehead atoms. The molecule has 1 aliphatic rings. The summed E-state index contributed by atoms with van der Waals surface area (Å²) in [6, 6.07) is 14.3. The molecule has 3 heterocycles. The van der Waals surface area contributed by atoms with E-state index in [9.17, 15) is 24.0 Å². The first-order chi connectivity index (χ1) is 32.5. The predicted octanol–water partition coefficient (Wildman–Crippen LogP) is 3.94. The fourth-order valence-corrected chi connectivity index (χ4v) is 8.56. The van der Waals surface area contributed by atoms with Gasteiger partial charge in [0.25, 0.3) is 5.91 Å². The molecule has 18 nitrogen and oxygen atoms in total. The highest BCUT2D eigenvalue weighted by molar-refractivity contribution is 6.07. The van der Waals surface area contributed by atoms with Crippen LogP contribution in [0.4, 0.5) is 5.82 Å². The first kappa shape index (κ1) is 51.8. The van der Waals surface area contributed by atoms with E-state index in [2.05, 4.69) is 55.4 Å². The van der Waals surface area contributed by atoms with Crippen molar-refractivity contribution in [3.05, 3.63) is 66.0 Å². The zero-order valence-corrected chi connectivity index (χ0v) is 39.6. The number of hydrogen-bond acceptors (Lipinski definition) is 11. The number of hydrazine groups is 1. The van der Waals surface area contributed by atoms with Gasteiger partial charge in [0.15, 0.2) is 5.82 Å². The van der Waals surface area contributed by atoms with Crippen molar-refractivity contribution in [3.63, 3.8) is 0 Å². The van der Waals surface area contributed by atoms with Gasteiger partial charge in [-0.1, -0.05) is 75.7 Å². The molecular formula is C49H73N13O5. The molecule has 0 aliphatic carbocycles. The van der Waals surface area contributed by atoms with Crippen molar-refractivity contribution in [2.24, 2.45) is 28.1 Å². The molecule has 364 valence electrons. The van der Waals surface area contributed by atoms with Crippen LogP contribution < -0.4 is 44.0 Å². The van der Waals surface area contributed by atoms with E-state index in [0.29, 0.717) is 101 Å². The highest BCUT2D eigenvalue weighted by atomic mass is 16.2. The number of amides is 5. The minimum absolute atomic E-state index is 0.0168. The van der Waals surface area contributed by atoms with Crippen molar-refractivity contribution >= 4 is 63.6 Å². The highest BCUT2D eigenvalue weighted by Gasteiger charge is 2.39. The number of nitrogens with zero attached hydrogens (tertiary/aromatic N) is 5. The number of nitrogens with two attached hydrogens (primary N) is 3. The van der Waals surface area contributed by atoms with Crippen molar-refractivity contribution in [2.75, 3.05) is 31.6 Å². The van der Waals surface area contributed by atoms with Crippen LogP contribution in [0.2, 0.25) is 0 Å². The third kappa shape index (κ3) is 14.9. The highest BCUT2D eigenvalue weighted by Crippen LogP contribution is 2.31. The third-order valence-electron chi connectivity index (χ3n) is 12.0. The molecule has 1 fully saturated rings. The lowest BCUT2D eigenvalue weighted by molar-refractivity contribution is -0.142. The second-order valence-electron chi connectivity index (χ2n) is 17.8. The van der Waals surface area contributed by atoms with E-state index < -0.39 is 41.9 Å². The largest absolute Gasteiger partial charge is 0.390 e. The van der Waals surface area contributed by atoms with Gasteiger partial charge in [0.05, 0.1) is 17.4 Å². The van der Waals surface area contributed by atoms with Crippen molar-refractivity contribution in [1.29, 1.82) is 0 Å². The van der Waals surface area contributed by atoms with Gasteiger partial charge < -0.3 is 42.6 Å². The van der Waals surface area contributed by atoms with Crippen LogP contribution in [0.1, 0.15) is 116 Å². The number of para-hydroxylation sites is 1. The molecule has 2 aromatic carbocycles. The summed E-state index contributed by atoms with van der Waals surface area (Å²) in [5, 5.41) is 9.66. The number of hydrogen-bond donors (Lipinski definition) is 8. The molecule has 1 aliphatic heterocycles. The van der Waals surface area contributed by atoms with Crippen LogP contribution in [0.5, 0.6) is 0 Å². The summed E-state index contributed by atoms with van der Waals surface area (Å²) in [7, 11) is 0. The van der Waals surface area contributed by atoms with Crippen molar-refractivity contribution in [2.45, 2.75) is 141 Å². The van der Waals surface area contributed by atoms with Crippen LogP contribution in [-0.4, -0.2) is 106 Å². The smallest absolute Gasteiger partial charge is 0.260 e. The molecule has 4 atom stereocenters. The zero-order chi connectivity index (χ0) is 48.1. The molecule has 1 saturated heterocycles. The van der Waals surface area contributed by atoms with Crippen molar-refractivity contribution < 1.29 is 24.0 Å². The number of carbonyl (C=O) groups is 5. The van der Waals surface area contributed by atoms with Gasteiger partial charge in [0.1, 0.15) is 35.5 Å². The van der Waals surface area contributed by atoms with E-state index in [4.69, 9.17) is 27.2 Å². The molecule has 18 heteroatoms. The van der Waals surface area contributed by atoms with Gasteiger partial charge in [-0.3, -0.25) is 39.8 Å². The van der Waals surface area contributed by atoms with Crippen LogP contribution in [0.3, 0.4) is 0 Å². The number of fused-ring (bicyclic) bond motifs is 3. The topological polar surface area (TPSA) is 270 Å².